The van der Waals surface area contributed by atoms with E-state index in [2.05, 4.69) is 55.0 Å². The molecule has 5 nitrogen and oxygen atoms in total. The summed E-state index contributed by atoms with van der Waals surface area (Å²) in [7, 11) is 0. The zero-order valence-corrected chi connectivity index (χ0v) is 13.3. The van der Waals surface area contributed by atoms with E-state index in [1.54, 1.807) is 0 Å². The fourth-order valence-corrected chi connectivity index (χ4v) is 2.39. The second kappa shape index (κ2) is 6.20. The number of nitrogens with zero attached hydrogens (tertiary/aromatic N) is 3. The van der Waals surface area contributed by atoms with E-state index in [9.17, 15) is 0 Å². The van der Waals surface area contributed by atoms with Crippen LogP contribution in [0.25, 0.3) is 0 Å². The molecule has 2 atom stereocenters. The van der Waals surface area contributed by atoms with Gasteiger partial charge in [0.15, 0.2) is 5.82 Å². The standard InChI is InChI=1S/C13H24N4O.ClH/c1-9-6-17(7-10(2)14-9)8-11-15-12(18-16-11)13(3,4)5;/h9-10,14H,6-8H2,1-5H3;1H. The summed E-state index contributed by atoms with van der Waals surface area (Å²) in [6, 6.07) is 1.03. The lowest BCUT2D eigenvalue weighted by molar-refractivity contribution is 0.161. The van der Waals surface area contributed by atoms with Gasteiger partial charge in [0.1, 0.15) is 0 Å². The van der Waals surface area contributed by atoms with Gasteiger partial charge in [0.2, 0.25) is 5.89 Å². The van der Waals surface area contributed by atoms with E-state index < -0.39 is 0 Å². The SMILES string of the molecule is CC1CN(Cc2noc(C(C)(C)C)n2)CC(C)N1.Cl. The van der Waals surface area contributed by atoms with Crippen LogP contribution in [0.1, 0.15) is 46.3 Å². The summed E-state index contributed by atoms with van der Waals surface area (Å²) in [5, 5.41) is 7.60. The van der Waals surface area contributed by atoms with Crippen molar-refractivity contribution in [2.75, 3.05) is 13.1 Å². The Kier molecular flexibility index (Phi) is 5.35. The van der Waals surface area contributed by atoms with Crippen molar-refractivity contribution in [1.29, 1.82) is 0 Å². The molecule has 2 unspecified atom stereocenters. The maximum atomic E-state index is 5.32. The molecule has 2 heterocycles. The lowest BCUT2D eigenvalue weighted by Gasteiger charge is -2.35. The predicted octanol–water partition coefficient (Wildman–Crippen LogP) is 1.97. The molecule has 110 valence electrons. The molecule has 0 saturated carbocycles. The number of halogens is 1. The molecule has 1 fully saturated rings. The van der Waals surface area contributed by atoms with E-state index in [1.807, 2.05) is 0 Å². The molecule has 2 rings (SSSR count). The van der Waals surface area contributed by atoms with E-state index >= 15 is 0 Å². The Morgan fingerprint density at radius 3 is 2.32 bits per heavy atom. The maximum Gasteiger partial charge on any atom is 0.232 e. The summed E-state index contributed by atoms with van der Waals surface area (Å²) in [5.74, 6) is 1.51. The lowest BCUT2D eigenvalue weighted by Crippen LogP contribution is -2.53. The quantitative estimate of drug-likeness (QED) is 0.902. The molecule has 0 aromatic carbocycles. The van der Waals surface area contributed by atoms with Crippen molar-refractivity contribution >= 4 is 12.4 Å². The minimum atomic E-state index is -0.0741. The number of nitrogens with one attached hydrogen (secondary N) is 1. The normalized spacial score (nSPS) is 25.1. The fraction of sp³-hybridized carbons (Fsp3) is 0.846. The van der Waals surface area contributed by atoms with Crippen molar-refractivity contribution in [2.45, 2.75) is 58.7 Å². The number of piperazine rings is 1. The topological polar surface area (TPSA) is 54.2 Å². The largest absolute Gasteiger partial charge is 0.339 e. The molecule has 1 aromatic heterocycles. The highest BCUT2D eigenvalue weighted by molar-refractivity contribution is 5.85. The van der Waals surface area contributed by atoms with Crippen LogP contribution in [0, 0.1) is 0 Å². The Balaban J connectivity index is 0.00000180. The van der Waals surface area contributed by atoms with E-state index in [0.717, 1.165) is 25.5 Å². The van der Waals surface area contributed by atoms with Crippen molar-refractivity contribution in [3.05, 3.63) is 11.7 Å². The molecule has 0 bridgehead atoms. The van der Waals surface area contributed by atoms with Crippen molar-refractivity contribution in [3.63, 3.8) is 0 Å². The van der Waals surface area contributed by atoms with Gasteiger partial charge in [0, 0.05) is 30.6 Å². The first-order valence-electron chi connectivity index (χ1n) is 6.66. The summed E-state index contributed by atoms with van der Waals surface area (Å²) < 4.78 is 5.32. The Bertz CT molecular complexity index is 392. The Morgan fingerprint density at radius 2 is 1.84 bits per heavy atom. The average molecular weight is 289 g/mol. The Hall–Kier alpha value is -0.650. The monoisotopic (exact) mass is 288 g/mol. The van der Waals surface area contributed by atoms with Crippen LogP contribution in [0.3, 0.4) is 0 Å². The summed E-state index contributed by atoms with van der Waals surface area (Å²) in [6.45, 7) is 13.5. The smallest absolute Gasteiger partial charge is 0.232 e. The van der Waals surface area contributed by atoms with E-state index in [-0.39, 0.29) is 17.8 Å². The Morgan fingerprint density at radius 1 is 1.26 bits per heavy atom. The highest BCUT2D eigenvalue weighted by Gasteiger charge is 2.25. The zero-order valence-electron chi connectivity index (χ0n) is 12.4. The molecular weight excluding hydrogens is 264 g/mol. The van der Waals surface area contributed by atoms with E-state index in [0.29, 0.717) is 18.0 Å². The third-order valence-corrected chi connectivity index (χ3v) is 3.11. The van der Waals surface area contributed by atoms with Gasteiger partial charge in [-0.25, -0.2) is 0 Å². The average Bonchev–Trinajstić information content (AvgIpc) is 2.63. The van der Waals surface area contributed by atoms with Gasteiger partial charge >= 0.3 is 0 Å². The minimum Gasteiger partial charge on any atom is -0.339 e. The van der Waals surface area contributed by atoms with Crippen LogP contribution in [0.15, 0.2) is 4.52 Å². The summed E-state index contributed by atoms with van der Waals surface area (Å²) in [4.78, 5) is 6.86. The third kappa shape index (κ3) is 4.44. The van der Waals surface area contributed by atoms with Crippen molar-refractivity contribution in [2.24, 2.45) is 0 Å². The van der Waals surface area contributed by atoms with Crippen LogP contribution in [-0.2, 0) is 12.0 Å². The van der Waals surface area contributed by atoms with Gasteiger partial charge in [-0.05, 0) is 13.8 Å². The van der Waals surface area contributed by atoms with Crippen molar-refractivity contribution in [1.82, 2.24) is 20.4 Å². The fourth-order valence-electron chi connectivity index (χ4n) is 2.39. The van der Waals surface area contributed by atoms with Gasteiger partial charge in [-0.15, -0.1) is 12.4 Å². The summed E-state index contributed by atoms with van der Waals surface area (Å²) in [5.41, 5.74) is -0.0741. The zero-order chi connectivity index (χ0) is 13.3. The third-order valence-electron chi connectivity index (χ3n) is 3.11. The van der Waals surface area contributed by atoms with Crippen LogP contribution in [0.4, 0.5) is 0 Å². The maximum absolute atomic E-state index is 5.32. The molecule has 0 aliphatic carbocycles. The van der Waals surface area contributed by atoms with Crippen LogP contribution >= 0.6 is 12.4 Å². The van der Waals surface area contributed by atoms with E-state index in [1.165, 1.54) is 0 Å². The molecule has 1 saturated heterocycles. The van der Waals surface area contributed by atoms with Crippen LogP contribution in [0.5, 0.6) is 0 Å². The first-order valence-corrected chi connectivity index (χ1v) is 6.66. The predicted molar refractivity (Wildman–Crippen MR) is 77.6 cm³/mol. The Labute approximate surface area is 121 Å². The number of hydrogen-bond acceptors (Lipinski definition) is 5. The lowest BCUT2D eigenvalue weighted by atomic mass is 9.97. The van der Waals surface area contributed by atoms with Gasteiger partial charge in [-0.2, -0.15) is 4.98 Å². The molecule has 0 amide bonds. The van der Waals surface area contributed by atoms with Crippen molar-refractivity contribution in [3.8, 4) is 0 Å². The number of hydrogen-bond donors (Lipinski definition) is 1. The second-order valence-electron chi connectivity index (χ2n) is 6.43. The molecule has 1 N–H and O–H groups in total. The highest BCUT2D eigenvalue weighted by Crippen LogP contribution is 2.20. The van der Waals surface area contributed by atoms with Gasteiger partial charge in [0.25, 0.3) is 0 Å². The molecule has 1 aromatic rings. The highest BCUT2D eigenvalue weighted by atomic mass is 35.5. The molecule has 0 radical (unpaired) electrons. The van der Waals surface area contributed by atoms with Crippen LogP contribution in [0.2, 0.25) is 0 Å². The van der Waals surface area contributed by atoms with Crippen LogP contribution < -0.4 is 5.32 Å². The van der Waals surface area contributed by atoms with Gasteiger partial charge < -0.3 is 9.84 Å². The van der Waals surface area contributed by atoms with Gasteiger partial charge in [-0.3, -0.25) is 4.90 Å². The number of aromatic nitrogens is 2. The van der Waals surface area contributed by atoms with E-state index in [4.69, 9.17) is 4.52 Å². The van der Waals surface area contributed by atoms with Gasteiger partial charge in [-0.1, -0.05) is 25.9 Å². The molecular formula is C13H25ClN4O. The summed E-state index contributed by atoms with van der Waals surface area (Å²) >= 11 is 0. The first-order chi connectivity index (χ1) is 8.34. The van der Waals surface area contributed by atoms with Gasteiger partial charge in [0.05, 0.1) is 6.54 Å². The van der Waals surface area contributed by atoms with Crippen LogP contribution in [-0.4, -0.2) is 40.2 Å². The number of rotatable bonds is 2. The van der Waals surface area contributed by atoms with Crippen molar-refractivity contribution < 1.29 is 4.52 Å². The molecule has 19 heavy (non-hydrogen) atoms. The second-order valence-corrected chi connectivity index (χ2v) is 6.43. The first kappa shape index (κ1) is 16.4. The summed E-state index contributed by atoms with van der Waals surface area (Å²) in [6.07, 6.45) is 0. The molecule has 1 aliphatic rings. The molecule has 0 spiro atoms. The molecule has 6 heteroatoms. The molecule has 1 aliphatic heterocycles. The minimum absolute atomic E-state index is 0.